The maximum Gasteiger partial charge on any atom is 0.213 e. The fraction of sp³-hybridized carbons (Fsp3) is 0.286. The Bertz CT molecular complexity index is 844. The molecule has 0 aliphatic rings. The lowest BCUT2D eigenvalue weighted by Gasteiger charge is -2.09. The number of hydrogen-bond donors (Lipinski definition) is 0. The summed E-state index contributed by atoms with van der Waals surface area (Å²) in [4.78, 5) is 0. The largest absolute Gasteiger partial charge is 0.213 e. The second-order valence-corrected chi connectivity index (χ2v) is 6.57. The number of benzene rings is 2. The first-order valence-electron chi connectivity index (χ1n) is 7.97. The summed E-state index contributed by atoms with van der Waals surface area (Å²) in [5.74, 6) is 0.550. The highest BCUT2D eigenvalue weighted by atomic mass is 14.9. The van der Waals surface area contributed by atoms with Crippen molar-refractivity contribution in [1.82, 2.24) is 0 Å². The van der Waals surface area contributed by atoms with Gasteiger partial charge in [-0.1, -0.05) is 37.6 Å². The third-order valence-electron chi connectivity index (χ3n) is 4.53. The Labute approximate surface area is 133 Å². The number of fused-ring (bicyclic) bond motifs is 1. The van der Waals surface area contributed by atoms with Crippen LogP contribution >= 0.6 is 0 Å². The van der Waals surface area contributed by atoms with Crippen LogP contribution in [0.15, 0.2) is 48.5 Å². The predicted octanol–water partition coefficient (Wildman–Crippen LogP) is 5.07. The van der Waals surface area contributed by atoms with Gasteiger partial charge in [-0.05, 0) is 49.1 Å². The van der Waals surface area contributed by atoms with E-state index in [1.807, 2.05) is 0 Å². The van der Waals surface area contributed by atoms with E-state index in [0.717, 1.165) is 0 Å². The molecule has 1 nitrogen and oxygen atoms in total. The van der Waals surface area contributed by atoms with Gasteiger partial charge >= 0.3 is 0 Å². The van der Waals surface area contributed by atoms with Crippen LogP contribution in [-0.2, 0) is 7.05 Å². The second kappa shape index (κ2) is 5.57. The number of aryl methyl sites for hydroxylation is 3. The van der Waals surface area contributed by atoms with E-state index in [9.17, 15) is 0 Å². The van der Waals surface area contributed by atoms with E-state index in [2.05, 4.69) is 87.8 Å². The molecular weight excluding hydrogens is 266 g/mol. The molecule has 1 heteroatoms. The average Bonchev–Trinajstić information content (AvgIpc) is 2.50. The summed E-state index contributed by atoms with van der Waals surface area (Å²) >= 11 is 0. The zero-order chi connectivity index (χ0) is 15.9. The highest BCUT2D eigenvalue weighted by Crippen LogP contribution is 2.25. The van der Waals surface area contributed by atoms with Crippen molar-refractivity contribution in [2.45, 2.75) is 33.6 Å². The number of aromatic nitrogens is 1. The summed E-state index contributed by atoms with van der Waals surface area (Å²) in [5.41, 5.74) is 7.90. The number of hydrogen-bond acceptors (Lipinski definition) is 0. The molecule has 0 amide bonds. The molecule has 0 fully saturated rings. The molecule has 2 aromatic carbocycles. The zero-order valence-corrected chi connectivity index (χ0v) is 14.1. The molecule has 3 rings (SSSR count). The van der Waals surface area contributed by atoms with Crippen LogP contribution in [0.5, 0.6) is 0 Å². The molecule has 0 aliphatic carbocycles. The van der Waals surface area contributed by atoms with Gasteiger partial charge in [0, 0.05) is 23.1 Å². The minimum absolute atomic E-state index is 0.550. The average molecular weight is 290 g/mol. The maximum absolute atomic E-state index is 2.33. The molecule has 0 bridgehead atoms. The number of nitrogens with zero attached hydrogens (tertiary/aromatic N) is 1. The van der Waals surface area contributed by atoms with Gasteiger partial charge in [0.25, 0.3) is 0 Å². The van der Waals surface area contributed by atoms with Gasteiger partial charge < -0.3 is 0 Å². The van der Waals surface area contributed by atoms with Crippen molar-refractivity contribution >= 4 is 10.9 Å². The molecule has 0 saturated carbocycles. The molecule has 3 aromatic rings. The molecule has 0 spiro atoms. The molecule has 22 heavy (non-hydrogen) atoms. The standard InChI is InChI=1S/C21H24N/c1-14(2)18-9-8-17-10-11-20(22(5)21(17)13-18)19-12-15(3)6-7-16(19)4/h6-14H,1-5H3/q+1. The molecule has 0 atom stereocenters. The van der Waals surface area contributed by atoms with E-state index in [1.54, 1.807) is 0 Å². The molecule has 1 aromatic heterocycles. The highest BCUT2D eigenvalue weighted by molar-refractivity contribution is 5.78. The Balaban J connectivity index is 2.27. The van der Waals surface area contributed by atoms with Crippen LogP contribution in [0.4, 0.5) is 0 Å². The van der Waals surface area contributed by atoms with E-state index < -0.39 is 0 Å². The van der Waals surface area contributed by atoms with Crippen LogP contribution in [-0.4, -0.2) is 0 Å². The van der Waals surface area contributed by atoms with Crippen molar-refractivity contribution in [3.63, 3.8) is 0 Å². The zero-order valence-electron chi connectivity index (χ0n) is 14.1. The van der Waals surface area contributed by atoms with Gasteiger partial charge in [0.1, 0.15) is 7.05 Å². The molecule has 1 heterocycles. The Morgan fingerprint density at radius 2 is 1.59 bits per heavy atom. The van der Waals surface area contributed by atoms with Crippen molar-refractivity contribution < 1.29 is 4.57 Å². The monoisotopic (exact) mass is 290 g/mol. The topological polar surface area (TPSA) is 3.88 Å². The Kier molecular flexibility index (Phi) is 3.74. The first-order chi connectivity index (χ1) is 10.5. The van der Waals surface area contributed by atoms with Crippen LogP contribution in [0, 0.1) is 13.8 Å². The quantitative estimate of drug-likeness (QED) is 0.580. The van der Waals surface area contributed by atoms with E-state index in [0.29, 0.717) is 5.92 Å². The third-order valence-corrected chi connectivity index (χ3v) is 4.53. The Hall–Kier alpha value is -2.15. The van der Waals surface area contributed by atoms with Gasteiger partial charge in [0.05, 0.1) is 0 Å². The smallest absolute Gasteiger partial charge is 0.194 e. The van der Waals surface area contributed by atoms with Crippen LogP contribution in [0.1, 0.15) is 36.5 Å². The van der Waals surface area contributed by atoms with Crippen molar-refractivity contribution in [3.05, 3.63) is 65.2 Å². The molecular formula is C21H24N+. The van der Waals surface area contributed by atoms with Crippen molar-refractivity contribution in [2.24, 2.45) is 7.05 Å². The summed E-state index contributed by atoms with van der Waals surface area (Å²) in [7, 11) is 2.17. The predicted molar refractivity (Wildman–Crippen MR) is 94.1 cm³/mol. The van der Waals surface area contributed by atoms with E-state index >= 15 is 0 Å². The minimum atomic E-state index is 0.550. The molecule has 0 N–H and O–H groups in total. The van der Waals surface area contributed by atoms with Crippen LogP contribution in [0.25, 0.3) is 22.2 Å². The first kappa shape index (κ1) is 14.8. The SMILES string of the molecule is Cc1ccc(C)c(-c2ccc3ccc(C(C)C)cc3[n+]2C)c1. The third kappa shape index (κ3) is 2.52. The fourth-order valence-corrected chi connectivity index (χ4v) is 3.04. The fourth-order valence-electron chi connectivity index (χ4n) is 3.04. The molecule has 112 valence electrons. The highest BCUT2D eigenvalue weighted by Gasteiger charge is 2.16. The summed E-state index contributed by atoms with van der Waals surface area (Å²) in [6.45, 7) is 8.83. The van der Waals surface area contributed by atoms with Gasteiger partial charge in [-0.25, -0.2) is 0 Å². The van der Waals surface area contributed by atoms with E-state index in [1.165, 1.54) is 38.9 Å². The van der Waals surface area contributed by atoms with Crippen LogP contribution < -0.4 is 4.57 Å². The summed E-state index contributed by atoms with van der Waals surface area (Å²) in [5, 5.41) is 1.29. The van der Waals surface area contributed by atoms with Crippen LogP contribution in [0.3, 0.4) is 0 Å². The molecule has 0 unspecified atom stereocenters. The maximum atomic E-state index is 2.33. The molecule has 0 radical (unpaired) electrons. The lowest BCUT2D eigenvalue weighted by atomic mass is 9.99. The van der Waals surface area contributed by atoms with Crippen molar-refractivity contribution in [3.8, 4) is 11.3 Å². The van der Waals surface area contributed by atoms with Gasteiger partial charge in [0.2, 0.25) is 11.2 Å². The van der Waals surface area contributed by atoms with Crippen molar-refractivity contribution in [1.29, 1.82) is 0 Å². The Morgan fingerprint density at radius 3 is 2.32 bits per heavy atom. The van der Waals surface area contributed by atoms with E-state index in [-0.39, 0.29) is 0 Å². The molecule has 0 saturated heterocycles. The Morgan fingerprint density at radius 1 is 0.864 bits per heavy atom. The number of pyridine rings is 1. The van der Waals surface area contributed by atoms with Crippen molar-refractivity contribution in [2.75, 3.05) is 0 Å². The lowest BCUT2D eigenvalue weighted by molar-refractivity contribution is -0.633. The van der Waals surface area contributed by atoms with Gasteiger partial charge in [0.15, 0.2) is 0 Å². The van der Waals surface area contributed by atoms with Gasteiger partial charge in [-0.2, -0.15) is 4.57 Å². The summed E-state index contributed by atoms with van der Waals surface area (Å²) < 4.78 is 2.32. The van der Waals surface area contributed by atoms with Crippen LogP contribution in [0.2, 0.25) is 0 Å². The first-order valence-corrected chi connectivity index (χ1v) is 7.97. The normalized spacial score (nSPS) is 11.4. The van der Waals surface area contributed by atoms with E-state index in [4.69, 9.17) is 0 Å². The molecule has 0 aliphatic heterocycles. The summed E-state index contributed by atoms with van der Waals surface area (Å²) in [6, 6.07) is 17.9. The second-order valence-electron chi connectivity index (χ2n) is 6.57. The van der Waals surface area contributed by atoms with Gasteiger partial charge in [-0.15, -0.1) is 0 Å². The summed E-state index contributed by atoms with van der Waals surface area (Å²) in [6.07, 6.45) is 0. The number of rotatable bonds is 2. The minimum Gasteiger partial charge on any atom is -0.194 e. The van der Waals surface area contributed by atoms with Gasteiger partial charge in [-0.3, -0.25) is 0 Å². The lowest BCUT2D eigenvalue weighted by Crippen LogP contribution is -2.32.